The SMILES string of the molecule is CCC1CC(NCc2cccc([N+](=O)[O-])c2)CCO1. The predicted octanol–water partition coefficient (Wildman–Crippen LogP) is 2.64. The molecule has 0 spiro atoms. The van der Waals surface area contributed by atoms with Crippen molar-refractivity contribution >= 4 is 5.69 Å². The van der Waals surface area contributed by atoms with Gasteiger partial charge >= 0.3 is 0 Å². The molecule has 0 radical (unpaired) electrons. The van der Waals surface area contributed by atoms with E-state index in [1.807, 2.05) is 6.07 Å². The van der Waals surface area contributed by atoms with Crippen LogP contribution in [0.2, 0.25) is 0 Å². The summed E-state index contributed by atoms with van der Waals surface area (Å²) in [6, 6.07) is 7.23. The minimum Gasteiger partial charge on any atom is -0.378 e. The lowest BCUT2D eigenvalue weighted by Crippen LogP contribution is -2.38. The van der Waals surface area contributed by atoms with Gasteiger partial charge in [-0.1, -0.05) is 19.1 Å². The lowest BCUT2D eigenvalue weighted by Gasteiger charge is -2.29. The molecule has 2 rings (SSSR count). The third kappa shape index (κ3) is 4.01. The molecule has 5 nitrogen and oxygen atoms in total. The van der Waals surface area contributed by atoms with E-state index >= 15 is 0 Å². The van der Waals surface area contributed by atoms with Crippen molar-refractivity contribution in [2.24, 2.45) is 0 Å². The Labute approximate surface area is 113 Å². The zero-order valence-electron chi connectivity index (χ0n) is 11.2. The quantitative estimate of drug-likeness (QED) is 0.656. The summed E-state index contributed by atoms with van der Waals surface area (Å²) in [6.45, 7) is 3.60. The Morgan fingerprint density at radius 3 is 3.11 bits per heavy atom. The van der Waals surface area contributed by atoms with E-state index in [0.29, 0.717) is 18.7 Å². The molecule has 1 aliphatic heterocycles. The highest BCUT2D eigenvalue weighted by molar-refractivity contribution is 5.34. The number of nitro groups is 1. The van der Waals surface area contributed by atoms with Gasteiger partial charge in [0.2, 0.25) is 0 Å². The molecule has 0 aromatic heterocycles. The Hall–Kier alpha value is -1.46. The number of nitrogens with zero attached hydrogens (tertiary/aromatic N) is 1. The summed E-state index contributed by atoms with van der Waals surface area (Å²) in [5.41, 5.74) is 1.10. The fourth-order valence-electron chi connectivity index (χ4n) is 2.39. The molecule has 1 aliphatic rings. The van der Waals surface area contributed by atoms with E-state index in [0.717, 1.165) is 31.4 Å². The highest BCUT2D eigenvalue weighted by Gasteiger charge is 2.20. The van der Waals surface area contributed by atoms with Crippen LogP contribution in [0.3, 0.4) is 0 Å². The highest BCUT2D eigenvalue weighted by atomic mass is 16.6. The molecule has 1 aromatic carbocycles. The van der Waals surface area contributed by atoms with Gasteiger partial charge in [0.15, 0.2) is 0 Å². The summed E-state index contributed by atoms with van der Waals surface area (Å²) in [4.78, 5) is 10.4. The lowest BCUT2D eigenvalue weighted by atomic mass is 10.0. The molecule has 19 heavy (non-hydrogen) atoms. The third-order valence-corrected chi connectivity index (χ3v) is 3.54. The monoisotopic (exact) mass is 264 g/mol. The summed E-state index contributed by atoms with van der Waals surface area (Å²) in [5.74, 6) is 0. The molecule has 1 heterocycles. The Morgan fingerprint density at radius 2 is 2.37 bits per heavy atom. The summed E-state index contributed by atoms with van der Waals surface area (Å²) >= 11 is 0. The Morgan fingerprint density at radius 1 is 1.53 bits per heavy atom. The van der Waals surface area contributed by atoms with Crippen LogP contribution >= 0.6 is 0 Å². The van der Waals surface area contributed by atoms with E-state index in [9.17, 15) is 10.1 Å². The van der Waals surface area contributed by atoms with E-state index < -0.39 is 0 Å². The third-order valence-electron chi connectivity index (χ3n) is 3.54. The van der Waals surface area contributed by atoms with Crippen LogP contribution in [-0.4, -0.2) is 23.7 Å². The molecule has 1 fully saturated rings. The molecule has 104 valence electrons. The van der Waals surface area contributed by atoms with Crippen LogP contribution in [0.4, 0.5) is 5.69 Å². The minimum atomic E-state index is -0.356. The van der Waals surface area contributed by atoms with Crippen LogP contribution in [0.15, 0.2) is 24.3 Å². The molecule has 0 saturated carbocycles. The topological polar surface area (TPSA) is 64.4 Å². The van der Waals surface area contributed by atoms with Crippen molar-refractivity contribution in [3.8, 4) is 0 Å². The zero-order chi connectivity index (χ0) is 13.7. The Kier molecular flexibility index (Phi) is 4.87. The van der Waals surface area contributed by atoms with E-state index in [4.69, 9.17) is 4.74 Å². The van der Waals surface area contributed by atoms with Crippen LogP contribution in [0.5, 0.6) is 0 Å². The minimum absolute atomic E-state index is 0.151. The smallest absolute Gasteiger partial charge is 0.269 e. The van der Waals surface area contributed by atoms with Crippen LogP contribution < -0.4 is 5.32 Å². The van der Waals surface area contributed by atoms with Crippen molar-refractivity contribution in [1.82, 2.24) is 5.32 Å². The van der Waals surface area contributed by atoms with Crippen LogP contribution in [0, 0.1) is 10.1 Å². The second-order valence-electron chi connectivity index (χ2n) is 4.93. The maximum absolute atomic E-state index is 10.7. The lowest BCUT2D eigenvalue weighted by molar-refractivity contribution is -0.384. The predicted molar refractivity (Wildman–Crippen MR) is 73.0 cm³/mol. The average molecular weight is 264 g/mol. The van der Waals surface area contributed by atoms with Gasteiger partial charge in [0, 0.05) is 31.3 Å². The van der Waals surface area contributed by atoms with Crippen molar-refractivity contribution in [2.45, 2.75) is 44.9 Å². The van der Waals surface area contributed by atoms with E-state index in [-0.39, 0.29) is 10.6 Å². The number of non-ortho nitro benzene ring substituents is 1. The normalized spacial score (nSPS) is 23.2. The summed E-state index contributed by atoms with van der Waals surface area (Å²) in [7, 11) is 0. The van der Waals surface area contributed by atoms with Gasteiger partial charge < -0.3 is 10.1 Å². The standard InChI is InChI=1S/C14H20N2O3/c1-2-14-9-12(6-7-19-14)15-10-11-4-3-5-13(8-11)16(17)18/h3-5,8,12,14-15H,2,6-7,9-10H2,1H3. The molecule has 1 saturated heterocycles. The van der Waals surface area contributed by atoms with E-state index in [2.05, 4.69) is 12.2 Å². The van der Waals surface area contributed by atoms with Crippen LogP contribution in [-0.2, 0) is 11.3 Å². The molecule has 1 N–H and O–H groups in total. The van der Waals surface area contributed by atoms with E-state index in [1.54, 1.807) is 12.1 Å². The average Bonchev–Trinajstić information content (AvgIpc) is 2.45. The first kappa shape index (κ1) is 14.0. The van der Waals surface area contributed by atoms with Crippen molar-refractivity contribution in [1.29, 1.82) is 0 Å². The summed E-state index contributed by atoms with van der Waals surface area (Å²) < 4.78 is 5.63. The molecule has 0 aliphatic carbocycles. The van der Waals surface area contributed by atoms with Crippen molar-refractivity contribution in [3.63, 3.8) is 0 Å². The second kappa shape index (κ2) is 6.63. The van der Waals surface area contributed by atoms with Crippen LogP contribution in [0.1, 0.15) is 31.7 Å². The first-order valence-electron chi connectivity index (χ1n) is 6.77. The molecular weight excluding hydrogens is 244 g/mol. The van der Waals surface area contributed by atoms with Crippen molar-refractivity contribution in [2.75, 3.05) is 6.61 Å². The largest absolute Gasteiger partial charge is 0.378 e. The number of ether oxygens (including phenoxy) is 1. The number of hydrogen-bond donors (Lipinski definition) is 1. The molecule has 1 aromatic rings. The molecule has 5 heteroatoms. The maximum Gasteiger partial charge on any atom is 0.269 e. The zero-order valence-corrected chi connectivity index (χ0v) is 11.2. The van der Waals surface area contributed by atoms with Gasteiger partial charge in [0.25, 0.3) is 5.69 Å². The second-order valence-corrected chi connectivity index (χ2v) is 4.93. The highest BCUT2D eigenvalue weighted by Crippen LogP contribution is 2.18. The maximum atomic E-state index is 10.7. The number of hydrogen-bond acceptors (Lipinski definition) is 4. The van der Waals surface area contributed by atoms with Crippen molar-refractivity contribution < 1.29 is 9.66 Å². The van der Waals surface area contributed by atoms with Gasteiger partial charge in [0.1, 0.15) is 0 Å². The Bertz CT molecular complexity index is 436. The summed E-state index contributed by atoms with van der Waals surface area (Å²) in [6.07, 6.45) is 3.41. The van der Waals surface area contributed by atoms with Gasteiger partial charge in [-0.25, -0.2) is 0 Å². The fraction of sp³-hybridized carbons (Fsp3) is 0.571. The molecule has 0 bridgehead atoms. The molecule has 2 unspecified atom stereocenters. The number of nitrogens with one attached hydrogen (secondary N) is 1. The first-order valence-corrected chi connectivity index (χ1v) is 6.77. The van der Waals surface area contributed by atoms with Gasteiger partial charge in [0.05, 0.1) is 11.0 Å². The first-order chi connectivity index (χ1) is 9.19. The van der Waals surface area contributed by atoms with Gasteiger partial charge in [-0.2, -0.15) is 0 Å². The molecule has 0 amide bonds. The number of benzene rings is 1. The number of nitro benzene ring substituents is 1. The van der Waals surface area contributed by atoms with Gasteiger partial charge in [-0.05, 0) is 24.8 Å². The molecular formula is C14H20N2O3. The molecule has 2 atom stereocenters. The Balaban J connectivity index is 1.88. The van der Waals surface area contributed by atoms with Gasteiger partial charge in [-0.3, -0.25) is 10.1 Å². The van der Waals surface area contributed by atoms with Crippen molar-refractivity contribution in [3.05, 3.63) is 39.9 Å². The number of rotatable bonds is 5. The van der Waals surface area contributed by atoms with E-state index in [1.165, 1.54) is 6.07 Å². The van der Waals surface area contributed by atoms with Crippen LogP contribution in [0.25, 0.3) is 0 Å². The fourth-order valence-corrected chi connectivity index (χ4v) is 2.39. The summed E-state index contributed by atoms with van der Waals surface area (Å²) in [5, 5.41) is 14.2. The van der Waals surface area contributed by atoms with Gasteiger partial charge in [-0.15, -0.1) is 0 Å².